The Morgan fingerprint density at radius 1 is 1.07 bits per heavy atom. The molecule has 2 rings (SSSR count). The Morgan fingerprint density at radius 2 is 1.93 bits per heavy atom. The molecule has 3 heteroatoms. The topological polar surface area (TPSA) is 41.1 Å². The van der Waals surface area contributed by atoms with Gasteiger partial charge in [-0.1, -0.05) is 19.3 Å². The van der Waals surface area contributed by atoms with Crippen LogP contribution in [0.4, 0.5) is 0 Å². The number of rotatable bonds is 2. The molecule has 0 unspecified atom stereocenters. The molecule has 2 fully saturated rings. The van der Waals surface area contributed by atoms with Crippen LogP contribution in [0, 0.1) is 5.92 Å². The number of carbonyl (C=O) groups excluding carboxylic acids is 1. The maximum atomic E-state index is 11.8. The average molecular weight is 210 g/mol. The Kier molecular flexibility index (Phi) is 4.01. The molecule has 0 aromatic carbocycles. The standard InChI is InChI=1S/C12H22N2O/c15-12(10-5-4-6-10)14-11-7-2-1-3-8-13-9-11/h10-11,13H,1-9H2,(H,14,15)/t11-/m1/s1. The van der Waals surface area contributed by atoms with Crippen molar-refractivity contribution in [1.82, 2.24) is 10.6 Å². The summed E-state index contributed by atoms with van der Waals surface area (Å²) in [6.45, 7) is 2.06. The Balaban J connectivity index is 1.73. The Bertz CT molecular complexity index is 206. The lowest BCUT2D eigenvalue weighted by Crippen LogP contribution is -2.46. The molecule has 2 aliphatic rings. The molecule has 1 saturated carbocycles. The van der Waals surface area contributed by atoms with Gasteiger partial charge in [0, 0.05) is 18.5 Å². The Morgan fingerprint density at radius 3 is 2.67 bits per heavy atom. The second-order valence-corrected chi connectivity index (χ2v) is 4.89. The molecule has 0 spiro atoms. The van der Waals surface area contributed by atoms with E-state index in [1.807, 2.05) is 0 Å². The summed E-state index contributed by atoms with van der Waals surface area (Å²) < 4.78 is 0. The molecule has 2 N–H and O–H groups in total. The number of carbonyl (C=O) groups is 1. The first kappa shape index (κ1) is 10.9. The first-order valence-electron chi connectivity index (χ1n) is 6.37. The molecular formula is C12H22N2O. The molecule has 1 atom stereocenters. The van der Waals surface area contributed by atoms with Crippen molar-refractivity contribution in [2.75, 3.05) is 13.1 Å². The summed E-state index contributed by atoms with van der Waals surface area (Å²) in [6, 6.07) is 0.374. The van der Waals surface area contributed by atoms with Crippen LogP contribution in [-0.4, -0.2) is 25.0 Å². The molecule has 86 valence electrons. The molecule has 3 nitrogen and oxygen atoms in total. The van der Waals surface area contributed by atoms with Crippen molar-refractivity contribution in [3.05, 3.63) is 0 Å². The summed E-state index contributed by atoms with van der Waals surface area (Å²) in [7, 11) is 0. The van der Waals surface area contributed by atoms with Crippen LogP contribution in [0.1, 0.15) is 44.9 Å². The maximum Gasteiger partial charge on any atom is 0.223 e. The Hall–Kier alpha value is -0.570. The van der Waals surface area contributed by atoms with Gasteiger partial charge >= 0.3 is 0 Å². The molecule has 0 aromatic rings. The summed E-state index contributed by atoms with van der Waals surface area (Å²) in [5.41, 5.74) is 0. The highest BCUT2D eigenvalue weighted by molar-refractivity contribution is 5.79. The molecule has 1 aliphatic carbocycles. The minimum Gasteiger partial charge on any atom is -0.352 e. The average Bonchev–Trinajstić information content (AvgIpc) is 2.06. The van der Waals surface area contributed by atoms with Gasteiger partial charge in [0.25, 0.3) is 0 Å². The maximum absolute atomic E-state index is 11.8. The van der Waals surface area contributed by atoms with Crippen molar-refractivity contribution in [3.63, 3.8) is 0 Å². The predicted molar refractivity (Wildman–Crippen MR) is 60.6 cm³/mol. The summed E-state index contributed by atoms with van der Waals surface area (Å²) in [4.78, 5) is 11.8. The smallest absolute Gasteiger partial charge is 0.223 e. The van der Waals surface area contributed by atoms with Crippen LogP contribution in [0.15, 0.2) is 0 Å². The van der Waals surface area contributed by atoms with E-state index in [2.05, 4.69) is 10.6 Å². The molecule has 1 heterocycles. The number of hydrogen-bond acceptors (Lipinski definition) is 2. The highest BCUT2D eigenvalue weighted by Crippen LogP contribution is 2.26. The van der Waals surface area contributed by atoms with Crippen LogP contribution in [0.5, 0.6) is 0 Å². The summed E-state index contributed by atoms with van der Waals surface area (Å²) in [6.07, 6.45) is 8.42. The minimum atomic E-state index is 0.300. The molecule has 0 bridgehead atoms. The third-order valence-corrected chi connectivity index (χ3v) is 3.62. The largest absolute Gasteiger partial charge is 0.352 e. The van der Waals surface area contributed by atoms with Crippen molar-refractivity contribution in [2.45, 2.75) is 51.0 Å². The van der Waals surface area contributed by atoms with Crippen molar-refractivity contribution in [1.29, 1.82) is 0 Å². The normalized spacial score (nSPS) is 28.7. The van der Waals surface area contributed by atoms with E-state index in [1.54, 1.807) is 0 Å². The highest BCUT2D eigenvalue weighted by atomic mass is 16.2. The van der Waals surface area contributed by atoms with Gasteiger partial charge < -0.3 is 10.6 Å². The highest BCUT2D eigenvalue weighted by Gasteiger charge is 2.26. The fourth-order valence-corrected chi connectivity index (χ4v) is 2.31. The number of hydrogen-bond donors (Lipinski definition) is 2. The van der Waals surface area contributed by atoms with E-state index < -0.39 is 0 Å². The minimum absolute atomic E-state index is 0.300. The predicted octanol–water partition coefficient (Wildman–Crippen LogP) is 1.43. The summed E-state index contributed by atoms with van der Waals surface area (Å²) in [5.74, 6) is 0.629. The van der Waals surface area contributed by atoms with E-state index in [-0.39, 0.29) is 0 Å². The van der Waals surface area contributed by atoms with Crippen molar-refractivity contribution < 1.29 is 4.79 Å². The van der Waals surface area contributed by atoms with Gasteiger partial charge in [0.1, 0.15) is 0 Å². The van der Waals surface area contributed by atoms with E-state index in [9.17, 15) is 4.79 Å². The molecule has 1 amide bonds. The third kappa shape index (κ3) is 3.20. The molecule has 1 aliphatic heterocycles. The van der Waals surface area contributed by atoms with E-state index in [0.717, 1.165) is 32.4 Å². The second kappa shape index (κ2) is 5.50. The quantitative estimate of drug-likeness (QED) is 0.724. The molecule has 0 radical (unpaired) electrons. The monoisotopic (exact) mass is 210 g/mol. The molecular weight excluding hydrogens is 188 g/mol. The zero-order valence-electron chi connectivity index (χ0n) is 9.43. The van der Waals surface area contributed by atoms with Gasteiger partial charge in [-0.15, -0.1) is 0 Å². The van der Waals surface area contributed by atoms with Gasteiger partial charge in [-0.05, 0) is 32.2 Å². The van der Waals surface area contributed by atoms with Crippen LogP contribution < -0.4 is 10.6 Å². The van der Waals surface area contributed by atoms with Crippen molar-refractivity contribution >= 4 is 5.91 Å². The van der Waals surface area contributed by atoms with E-state index in [4.69, 9.17) is 0 Å². The van der Waals surface area contributed by atoms with Crippen LogP contribution in [-0.2, 0) is 4.79 Å². The van der Waals surface area contributed by atoms with E-state index >= 15 is 0 Å². The third-order valence-electron chi connectivity index (χ3n) is 3.62. The fraction of sp³-hybridized carbons (Fsp3) is 0.917. The first-order chi connectivity index (χ1) is 7.36. The van der Waals surface area contributed by atoms with Crippen LogP contribution >= 0.6 is 0 Å². The first-order valence-corrected chi connectivity index (χ1v) is 6.37. The van der Waals surface area contributed by atoms with E-state index in [0.29, 0.717) is 17.9 Å². The van der Waals surface area contributed by atoms with Crippen LogP contribution in [0.25, 0.3) is 0 Å². The summed E-state index contributed by atoms with van der Waals surface area (Å²) >= 11 is 0. The Labute approximate surface area is 92.0 Å². The molecule has 0 aromatic heterocycles. The second-order valence-electron chi connectivity index (χ2n) is 4.89. The lowest BCUT2D eigenvalue weighted by atomic mass is 9.84. The van der Waals surface area contributed by atoms with Crippen molar-refractivity contribution in [3.8, 4) is 0 Å². The van der Waals surface area contributed by atoms with Crippen molar-refractivity contribution in [2.24, 2.45) is 5.92 Å². The van der Waals surface area contributed by atoms with Gasteiger partial charge in [0.15, 0.2) is 0 Å². The SMILES string of the molecule is O=C(N[C@@H]1CCCCCNC1)C1CCC1. The van der Waals surface area contributed by atoms with Gasteiger partial charge in [-0.3, -0.25) is 4.79 Å². The number of amides is 1. The number of nitrogens with one attached hydrogen (secondary N) is 2. The zero-order chi connectivity index (χ0) is 10.5. The lowest BCUT2D eigenvalue weighted by Gasteiger charge is -2.28. The van der Waals surface area contributed by atoms with E-state index in [1.165, 1.54) is 25.7 Å². The molecule has 1 saturated heterocycles. The summed E-state index contributed by atoms with van der Waals surface area (Å²) in [5, 5.41) is 6.59. The van der Waals surface area contributed by atoms with Gasteiger partial charge in [0.2, 0.25) is 5.91 Å². The lowest BCUT2D eigenvalue weighted by molar-refractivity contribution is -0.128. The zero-order valence-corrected chi connectivity index (χ0v) is 9.43. The van der Waals surface area contributed by atoms with Crippen LogP contribution in [0.3, 0.4) is 0 Å². The van der Waals surface area contributed by atoms with Gasteiger partial charge in [-0.2, -0.15) is 0 Å². The molecule has 15 heavy (non-hydrogen) atoms. The van der Waals surface area contributed by atoms with Gasteiger partial charge in [0.05, 0.1) is 0 Å². The van der Waals surface area contributed by atoms with Gasteiger partial charge in [-0.25, -0.2) is 0 Å². The van der Waals surface area contributed by atoms with Crippen LogP contribution in [0.2, 0.25) is 0 Å². The fourth-order valence-electron chi connectivity index (χ4n) is 2.31.